The molecule has 2 heterocycles. The normalized spacial score (nSPS) is 12.0. The van der Waals surface area contributed by atoms with Crippen molar-refractivity contribution >= 4 is 11.8 Å². The van der Waals surface area contributed by atoms with E-state index >= 15 is 0 Å². The molecule has 0 saturated carbocycles. The molecule has 0 aliphatic heterocycles. The number of hydrogen-bond acceptors (Lipinski definition) is 4. The molecule has 2 aromatic rings. The molecule has 0 unspecified atom stereocenters. The summed E-state index contributed by atoms with van der Waals surface area (Å²) in [6.07, 6.45) is 5.14. The van der Waals surface area contributed by atoms with Crippen molar-refractivity contribution in [2.75, 3.05) is 0 Å². The maximum absolute atomic E-state index is 12.3. The van der Waals surface area contributed by atoms with Crippen LogP contribution in [0.4, 0.5) is 0 Å². The molecule has 0 spiro atoms. The molecule has 0 radical (unpaired) electrons. The molecule has 2 rings (SSSR count). The molecule has 7 nitrogen and oxygen atoms in total. The van der Waals surface area contributed by atoms with Gasteiger partial charge >= 0.3 is 0 Å². The van der Waals surface area contributed by atoms with Crippen LogP contribution >= 0.6 is 0 Å². The van der Waals surface area contributed by atoms with E-state index in [0.29, 0.717) is 12.4 Å². The zero-order valence-corrected chi connectivity index (χ0v) is 13.5. The van der Waals surface area contributed by atoms with Crippen molar-refractivity contribution in [1.29, 1.82) is 0 Å². The lowest BCUT2D eigenvalue weighted by Gasteiger charge is -2.21. The van der Waals surface area contributed by atoms with Gasteiger partial charge in [-0.3, -0.25) is 9.59 Å². The van der Waals surface area contributed by atoms with Gasteiger partial charge in [0.1, 0.15) is 6.04 Å². The van der Waals surface area contributed by atoms with Crippen LogP contribution in [0.2, 0.25) is 0 Å². The lowest BCUT2D eigenvalue weighted by atomic mass is 10.0. The monoisotopic (exact) mass is 315 g/mol. The highest BCUT2D eigenvalue weighted by Crippen LogP contribution is 2.10. The van der Waals surface area contributed by atoms with Crippen molar-refractivity contribution in [2.24, 2.45) is 5.92 Å². The molecule has 0 saturated heterocycles. The highest BCUT2D eigenvalue weighted by atomic mass is 16.2. The highest BCUT2D eigenvalue weighted by molar-refractivity contribution is 5.87. The third kappa shape index (κ3) is 4.38. The van der Waals surface area contributed by atoms with Gasteiger partial charge in [-0.2, -0.15) is 5.10 Å². The molecule has 0 aromatic carbocycles. The molecule has 1 atom stereocenters. The van der Waals surface area contributed by atoms with E-state index in [9.17, 15) is 9.59 Å². The average Bonchev–Trinajstić information content (AvgIpc) is 3.04. The van der Waals surface area contributed by atoms with E-state index in [1.165, 1.54) is 6.92 Å². The zero-order valence-electron chi connectivity index (χ0n) is 13.5. The highest BCUT2D eigenvalue weighted by Gasteiger charge is 2.22. The minimum Gasteiger partial charge on any atom is -0.350 e. The van der Waals surface area contributed by atoms with E-state index in [1.807, 2.05) is 32.0 Å². The van der Waals surface area contributed by atoms with Gasteiger partial charge in [-0.1, -0.05) is 19.9 Å². The predicted molar refractivity (Wildman–Crippen MR) is 85.6 cm³/mol. The van der Waals surface area contributed by atoms with Crippen molar-refractivity contribution < 1.29 is 9.59 Å². The van der Waals surface area contributed by atoms with Gasteiger partial charge in [-0.25, -0.2) is 9.67 Å². The molecule has 122 valence electrons. The smallest absolute Gasteiger partial charge is 0.243 e. The zero-order chi connectivity index (χ0) is 16.8. The summed E-state index contributed by atoms with van der Waals surface area (Å²) in [5.41, 5.74) is 0.842. The van der Waals surface area contributed by atoms with Gasteiger partial charge in [-0.15, -0.1) is 0 Å². The van der Waals surface area contributed by atoms with Crippen LogP contribution in [-0.2, 0) is 16.1 Å². The van der Waals surface area contributed by atoms with Gasteiger partial charge in [0, 0.05) is 37.6 Å². The van der Waals surface area contributed by atoms with E-state index in [0.717, 1.165) is 5.56 Å². The lowest BCUT2D eigenvalue weighted by Crippen LogP contribution is -2.48. The molecule has 0 fully saturated rings. The van der Waals surface area contributed by atoms with Crippen molar-refractivity contribution in [1.82, 2.24) is 25.4 Å². The van der Waals surface area contributed by atoms with Crippen LogP contribution < -0.4 is 10.6 Å². The van der Waals surface area contributed by atoms with Crippen molar-refractivity contribution in [2.45, 2.75) is 33.4 Å². The number of nitrogens with one attached hydrogen (secondary N) is 2. The Hall–Kier alpha value is -2.70. The number of carbonyl (C=O) groups excluding carboxylic acids is 2. The fourth-order valence-corrected chi connectivity index (χ4v) is 2.21. The number of pyridine rings is 1. The Morgan fingerprint density at radius 2 is 2.04 bits per heavy atom. The van der Waals surface area contributed by atoms with E-state index in [1.54, 1.807) is 23.3 Å². The molecule has 0 aliphatic carbocycles. The maximum atomic E-state index is 12.3. The molecular formula is C16H21N5O2. The minimum atomic E-state index is -0.558. The second-order valence-electron chi connectivity index (χ2n) is 5.58. The predicted octanol–water partition coefficient (Wildman–Crippen LogP) is 1.04. The van der Waals surface area contributed by atoms with E-state index in [-0.39, 0.29) is 17.7 Å². The molecule has 23 heavy (non-hydrogen) atoms. The summed E-state index contributed by atoms with van der Waals surface area (Å²) >= 11 is 0. The second-order valence-corrected chi connectivity index (χ2v) is 5.58. The Morgan fingerprint density at radius 1 is 1.26 bits per heavy atom. The van der Waals surface area contributed by atoms with Gasteiger partial charge in [-0.05, 0) is 18.1 Å². The number of aromatic nitrogens is 3. The summed E-state index contributed by atoms with van der Waals surface area (Å²) in [5, 5.41) is 9.69. The third-order valence-electron chi connectivity index (χ3n) is 3.35. The largest absolute Gasteiger partial charge is 0.350 e. The summed E-state index contributed by atoms with van der Waals surface area (Å²) in [6, 6.07) is 4.94. The number of amides is 2. The fraction of sp³-hybridized carbons (Fsp3) is 0.375. The SMILES string of the molecule is CC(=O)N[C@H](C(=O)NCc1cccnc1-n1cccn1)C(C)C. The van der Waals surface area contributed by atoms with E-state index < -0.39 is 6.04 Å². The van der Waals surface area contributed by atoms with Crippen molar-refractivity contribution in [3.05, 3.63) is 42.4 Å². The number of rotatable bonds is 6. The topological polar surface area (TPSA) is 88.9 Å². The molecule has 0 bridgehead atoms. The van der Waals surface area contributed by atoms with Crippen LogP contribution in [0.5, 0.6) is 0 Å². The summed E-state index contributed by atoms with van der Waals surface area (Å²) < 4.78 is 1.65. The van der Waals surface area contributed by atoms with Crippen LogP contribution in [-0.4, -0.2) is 32.6 Å². The van der Waals surface area contributed by atoms with E-state index in [2.05, 4.69) is 20.7 Å². The van der Waals surface area contributed by atoms with Crippen LogP contribution in [0, 0.1) is 5.92 Å². The Bertz CT molecular complexity index is 667. The van der Waals surface area contributed by atoms with Crippen molar-refractivity contribution in [3.8, 4) is 5.82 Å². The van der Waals surface area contributed by atoms with Gasteiger partial charge in [0.25, 0.3) is 0 Å². The summed E-state index contributed by atoms with van der Waals surface area (Å²) in [5.74, 6) is 0.222. The molecule has 2 aromatic heterocycles. The Labute approximate surface area is 135 Å². The van der Waals surface area contributed by atoms with Crippen LogP contribution in [0.1, 0.15) is 26.3 Å². The van der Waals surface area contributed by atoms with Crippen LogP contribution in [0.25, 0.3) is 5.82 Å². The quantitative estimate of drug-likeness (QED) is 0.834. The maximum Gasteiger partial charge on any atom is 0.243 e. The third-order valence-corrected chi connectivity index (χ3v) is 3.35. The number of nitrogens with zero attached hydrogens (tertiary/aromatic N) is 3. The first kappa shape index (κ1) is 16.7. The van der Waals surface area contributed by atoms with Gasteiger partial charge in [0.05, 0.1) is 0 Å². The number of hydrogen-bond donors (Lipinski definition) is 2. The summed E-state index contributed by atoms with van der Waals surface area (Å²) in [7, 11) is 0. The Kier molecular flexibility index (Phi) is 5.46. The lowest BCUT2D eigenvalue weighted by molar-refractivity contribution is -0.129. The van der Waals surface area contributed by atoms with Gasteiger partial charge < -0.3 is 10.6 Å². The first-order chi connectivity index (χ1) is 11.0. The van der Waals surface area contributed by atoms with Crippen LogP contribution in [0.15, 0.2) is 36.8 Å². The second kappa shape index (κ2) is 7.53. The molecule has 7 heteroatoms. The fourth-order valence-electron chi connectivity index (χ4n) is 2.21. The molecular weight excluding hydrogens is 294 g/mol. The average molecular weight is 315 g/mol. The first-order valence-corrected chi connectivity index (χ1v) is 7.47. The Balaban J connectivity index is 2.09. The minimum absolute atomic E-state index is 0.00150. The van der Waals surface area contributed by atoms with Gasteiger partial charge in [0.2, 0.25) is 11.8 Å². The van der Waals surface area contributed by atoms with Crippen LogP contribution in [0.3, 0.4) is 0 Å². The van der Waals surface area contributed by atoms with E-state index in [4.69, 9.17) is 0 Å². The van der Waals surface area contributed by atoms with Gasteiger partial charge in [0.15, 0.2) is 5.82 Å². The number of carbonyl (C=O) groups is 2. The Morgan fingerprint density at radius 3 is 2.65 bits per heavy atom. The molecule has 2 N–H and O–H groups in total. The van der Waals surface area contributed by atoms with Crippen molar-refractivity contribution in [3.63, 3.8) is 0 Å². The molecule has 2 amide bonds. The molecule has 0 aliphatic rings. The summed E-state index contributed by atoms with van der Waals surface area (Å²) in [4.78, 5) is 27.9. The standard InChI is InChI=1S/C16H21N5O2/c1-11(2)14(20-12(3)22)16(23)18-10-13-6-4-7-17-15(13)21-9-5-8-19-21/h4-9,11,14H,10H2,1-3H3,(H,18,23)(H,20,22)/t14-/m0/s1. The first-order valence-electron chi connectivity index (χ1n) is 7.47. The summed E-state index contributed by atoms with van der Waals surface area (Å²) in [6.45, 7) is 5.49.